The van der Waals surface area contributed by atoms with Crippen molar-refractivity contribution in [2.45, 2.75) is 326 Å². The van der Waals surface area contributed by atoms with E-state index < -0.39 is 49.5 Å². The Labute approximate surface area is 425 Å². The van der Waals surface area contributed by atoms with Gasteiger partial charge in [-0.15, -0.1) is 0 Å². The Balaban J connectivity index is 2.00. The van der Waals surface area contributed by atoms with Crippen LogP contribution in [0, 0.1) is 0 Å². The van der Waals surface area contributed by atoms with Crippen molar-refractivity contribution in [1.29, 1.82) is 0 Å². The quantitative estimate of drug-likeness (QED) is 0.0261. The maximum absolute atomic E-state index is 13.0. The molecular formula is C60H113NO8. The summed E-state index contributed by atoms with van der Waals surface area (Å²) >= 11 is 0. The molecule has 1 aliphatic heterocycles. The van der Waals surface area contributed by atoms with Gasteiger partial charge in [0.1, 0.15) is 24.4 Å². The Hall–Kier alpha value is -1.59. The molecule has 69 heavy (non-hydrogen) atoms. The van der Waals surface area contributed by atoms with E-state index in [2.05, 4.69) is 43.5 Å². The fourth-order valence-corrected chi connectivity index (χ4v) is 9.46. The maximum Gasteiger partial charge on any atom is 0.220 e. The van der Waals surface area contributed by atoms with Gasteiger partial charge in [-0.05, 0) is 57.8 Å². The van der Waals surface area contributed by atoms with Gasteiger partial charge in [-0.25, -0.2) is 0 Å². The second-order valence-electron chi connectivity index (χ2n) is 20.8. The summed E-state index contributed by atoms with van der Waals surface area (Å²) in [7, 11) is 0. The summed E-state index contributed by atoms with van der Waals surface area (Å²) in [5.41, 5.74) is 0. The van der Waals surface area contributed by atoms with Gasteiger partial charge in [-0.3, -0.25) is 4.79 Å². The molecule has 9 heteroatoms. The number of hydrogen-bond donors (Lipinski definition) is 6. The number of hydrogen-bond acceptors (Lipinski definition) is 8. The van der Waals surface area contributed by atoms with Crippen LogP contribution in [-0.4, -0.2) is 87.5 Å². The fraction of sp³-hybridized carbons (Fsp3) is 0.883. The second kappa shape index (κ2) is 50.0. The number of aliphatic hydroxyl groups is 5. The molecular weight excluding hydrogens is 863 g/mol. The van der Waals surface area contributed by atoms with Crippen LogP contribution in [0.1, 0.15) is 284 Å². The third-order valence-corrected chi connectivity index (χ3v) is 14.2. The van der Waals surface area contributed by atoms with Crippen molar-refractivity contribution in [2.75, 3.05) is 13.2 Å². The summed E-state index contributed by atoms with van der Waals surface area (Å²) in [4.78, 5) is 13.0. The zero-order valence-corrected chi connectivity index (χ0v) is 45.1. The summed E-state index contributed by atoms with van der Waals surface area (Å²) in [5.74, 6) is -0.185. The van der Waals surface area contributed by atoms with Gasteiger partial charge < -0.3 is 40.3 Å². The molecule has 7 unspecified atom stereocenters. The molecule has 0 spiro atoms. The first kappa shape index (κ1) is 65.4. The molecule has 1 rings (SSSR count). The zero-order chi connectivity index (χ0) is 50.1. The highest BCUT2D eigenvalue weighted by atomic mass is 16.7. The van der Waals surface area contributed by atoms with E-state index in [-0.39, 0.29) is 12.5 Å². The van der Waals surface area contributed by atoms with Crippen LogP contribution in [0.15, 0.2) is 36.5 Å². The van der Waals surface area contributed by atoms with Crippen molar-refractivity contribution in [2.24, 2.45) is 0 Å². The van der Waals surface area contributed by atoms with E-state index in [1.165, 1.54) is 225 Å². The molecule has 0 saturated carbocycles. The van der Waals surface area contributed by atoms with Crippen molar-refractivity contribution in [3.63, 3.8) is 0 Å². The normalized spacial score (nSPS) is 19.7. The van der Waals surface area contributed by atoms with Crippen LogP contribution in [0.3, 0.4) is 0 Å². The van der Waals surface area contributed by atoms with E-state index in [1.54, 1.807) is 6.08 Å². The summed E-state index contributed by atoms with van der Waals surface area (Å²) in [5, 5.41) is 54.2. The van der Waals surface area contributed by atoms with E-state index in [1.807, 2.05) is 6.08 Å². The van der Waals surface area contributed by atoms with Crippen molar-refractivity contribution in [3.05, 3.63) is 36.5 Å². The van der Waals surface area contributed by atoms with Crippen LogP contribution in [-0.2, 0) is 14.3 Å². The van der Waals surface area contributed by atoms with Crippen LogP contribution < -0.4 is 5.32 Å². The number of carbonyl (C=O) groups is 1. The zero-order valence-electron chi connectivity index (χ0n) is 45.1. The molecule has 0 bridgehead atoms. The number of rotatable bonds is 51. The Morgan fingerprint density at radius 1 is 0.478 bits per heavy atom. The molecule has 1 heterocycles. The Bertz CT molecular complexity index is 1180. The second-order valence-corrected chi connectivity index (χ2v) is 20.8. The molecule has 9 nitrogen and oxygen atoms in total. The lowest BCUT2D eigenvalue weighted by molar-refractivity contribution is -0.302. The largest absolute Gasteiger partial charge is 0.394 e. The lowest BCUT2D eigenvalue weighted by Gasteiger charge is -2.40. The number of allylic oxidation sites excluding steroid dienone is 5. The maximum atomic E-state index is 13.0. The van der Waals surface area contributed by atoms with Crippen molar-refractivity contribution in [3.8, 4) is 0 Å². The smallest absolute Gasteiger partial charge is 0.220 e. The van der Waals surface area contributed by atoms with Crippen molar-refractivity contribution < 1.29 is 39.8 Å². The SMILES string of the molecule is CCCCC/C=C/CC/C=C/C(O)C(COC1OC(CO)C(O)C(O)C1O)NC(=O)CCCCCCCCCCCCCCCCCCCCCCCCCCC/C=C\CCCCCCCCCC. The molecule has 1 aliphatic rings. The molecule has 0 aliphatic carbocycles. The van der Waals surface area contributed by atoms with E-state index in [0.29, 0.717) is 6.42 Å². The molecule has 1 fully saturated rings. The average molecular weight is 977 g/mol. The first-order valence-corrected chi connectivity index (χ1v) is 29.7. The average Bonchev–Trinajstić information content (AvgIpc) is 3.35. The van der Waals surface area contributed by atoms with Crippen LogP contribution in [0.5, 0.6) is 0 Å². The topological polar surface area (TPSA) is 149 Å². The number of unbranched alkanes of at least 4 members (excludes halogenated alkanes) is 37. The highest BCUT2D eigenvalue weighted by Crippen LogP contribution is 2.23. The summed E-state index contributed by atoms with van der Waals surface area (Å²) in [6.07, 6.45) is 58.5. The molecule has 406 valence electrons. The predicted molar refractivity (Wildman–Crippen MR) is 290 cm³/mol. The van der Waals surface area contributed by atoms with E-state index in [4.69, 9.17) is 9.47 Å². The molecule has 1 amide bonds. The predicted octanol–water partition coefficient (Wildman–Crippen LogP) is 14.7. The molecule has 1 saturated heterocycles. The minimum Gasteiger partial charge on any atom is -0.394 e. The van der Waals surface area contributed by atoms with Crippen molar-refractivity contribution in [1.82, 2.24) is 5.32 Å². The van der Waals surface area contributed by atoms with Gasteiger partial charge in [0.15, 0.2) is 6.29 Å². The van der Waals surface area contributed by atoms with E-state index in [0.717, 1.165) is 38.5 Å². The lowest BCUT2D eigenvalue weighted by Crippen LogP contribution is -2.60. The van der Waals surface area contributed by atoms with Gasteiger partial charge in [0.25, 0.3) is 0 Å². The highest BCUT2D eigenvalue weighted by molar-refractivity contribution is 5.76. The molecule has 0 aromatic carbocycles. The summed E-state index contributed by atoms with van der Waals surface area (Å²) in [6.45, 7) is 3.72. The number of nitrogens with one attached hydrogen (secondary N) is 1. The van der Waals surface area contributed by atoms with Crippen LogP contribution in [0.2, 0.25) is 0 Å². The number of aliphatic hydroxyl groups excluding tert-OH is 5. The minimum absolute atomic E-state index is 0.185. The third-order valence-electron chi connectivity index (χ3n) is 14.2. The first-order valence-electron chi connectivity index (χ1n) is 29.7. The van der Waals surface area contributed by atoms with Gasteiger partial charge in [-0.1, -0.05) is 256 Å². The third kappa shape index (κ3) is 39.6. The number of ether oxygens (including phenoxy) is 2. The standard InChI is InChI=1S/C60H113NO8/c1-3-5-7-9-11-13-14-15-16-17-18-19-20-21-22-23-24-25-26-27-28-29-30-31-32-33-34-35-36-37-38-39-40-42-44-46-48-50-56(64)61-53(54(63)49-47-45-43-41-12-10-8-6-4-2)52-68-60-59(67)58(66)57(65)55(51-62)69-60/h12,17-18,41,47,49,53-55,57-60,62-63,65-67H,3-11,13-16,19-40,42-46,48,50-52H2,1-2H3,(H,61,64)/b18-17-,41-12+,49-47+. The monoisotopic (exact) mass is 976 g/mol. The molecule has 0 radical (unpaired) electrons. The summed E-state index contributed by atoms with van der Waals surface area (Å²) < 4.78 is 11.2. The van der Waals surface area contributed by atoms with Gasteiger partial charge in [-0.2, -0.15) is 0 Å². The molecule has 6 N–H and O–H groups in total. The van der Waals surface area contributed by atoms with Gasteiger partial charge in [0.05, 0.1) is 25.4 Å². The van der Waals surface area contributed by atoms with Crippen LogP contribution in [0.4, 0.5) is 0 Å². The Morgan fingerprint density at radius 2 is 0.826 bits per heavy atom. The van der Waals surface area contributed by atoms with Crippen molar-refractivity contribution >= 4 is 5.91 Å². The van der Waals surface area contributed by atoms with E-state index >= 15 is 0 Å². The van der Waals surface area contributed by atoms with Gasteiger partial charge in [0.2, 0.25) is 5.91 Å². The van der Waals surface area contributed by atoms with Gasteiger partial charge in [0, 0.05) is 6.42 Å². The fourth-order valence-electron chi connectivity index (χ4n) is 9.46. The number of amides is 1. The Kier molecular flexibility index (Phi) is 47.4. The highest BCUT2D eigenvalue weighted by Gasteiger charge is 2.44. The summed E-state index contributed by atoms with van der Waals surface area (Å²) in [6, 6.07) is -0.817. The lowest BCUT2D eigenvalue weighted by atomic mass is 9.99. The Morgan fingerprint density at radius 3 is 1.25 bits per heavy atom. The van der Waals surface area contributed by atoms with Crippen LogP contribution in [0.25, 0.3) is 0 Å². The number of carbonyl (C=O) groups excluding carboxylic acids is 1. The minimum atomic E-state index is -1.57. The van der Waals surface area contributed by atoms with E-state index in [9.17, 15) is 30.3 Å². The molecule has 0 aromatic heterocycles. The van der Waals surface area contributed by atoms with Gasteiger partial charge >= 0.3 is 0 Å². The molecule has 7 atom stereocenters. The first-order chi connectivity index (χ1) is 33.8. The molecule has 0 aromatic rings. The van der Waals surface area contributed by atoms with Crippen LogP contribution >= 0.6 is 0 Å².